The molecule has 6 nitrogen and oxygen atoms in total. The number of pyridine rings is 1. The van der Waals surface area contributed by atoms with Gasteiger partial charge in [-0.1, -0.05) is 0 Å². The Labute approximate surface area is 180 Å². The highest BCUT2D eigenvalue weighted by Gasteiger charge is 2.58. The van der Waals surface area contributed by atoms with Gasteiger partial charge in [0, 0.05) is 38.1 Å². The van der Waals surface area contributed by atoms with E-state index in [1.54, 1.807) is 4.90 Å². The molecule has 0 N–H and O–H groups in total. The molecule has 1 aromatic carbocycles. The molecule has 168 valence electrons. The summed E-state index contributed by atoms with van der Waals surface area (Å²) in [4.78, 5) is 32.4. The van der Waals surface area contributed by atoms with Crippen LogP contribution in [0.3, 0.4) is 0 Å². The first-order chi connectivity index (χ1) is 15.3. The summed E-state index contributed by atoms with van der Waals surface area (Å²) in [7, 11) is 0. The van der Waals surface area contributed by atoms with Gasteiger partial charge in [0.15, 0.2) is 17.1 Å². The quantitative estimate of drug-likeness (QED) is 0.660. The topological polar surface area (TPSA) is 62.7 Å². The highest BCUT2D eigenvalue weighted by atomic mass is 19.1. The Morgan fingerprint density at radius 1 is 1.00 bits per heavy atom. The number of piperidine rings is 1. The van der Waals surface area contributed by atoms with Gasteiger partial charge in [0.25, 0.3) is 11.8 Å². The molecule has 2 atom stereocenters. The van der Waals surface area contributed by atoms with Gasteiger partial charge in [-0.3, -0.25) is 9.59 Å². The molecular formula is C22H19F4N3O3. The molecule has 1 aromatic heterocycles. The normalized spacial score (nSPS) is 24.3. The third kappa shape index (κ3) is 3.33. The van der Waals surface area contributed by atoms with Crippen LogP contribution in [-0.4, -0.2) is 51.5 Å². The van der Waals surface area contributed by atoms with Crippen LogP contribution in [0.4, 0.5) is 17.6 Å². The number of halogens is 4. The third-order valence-electron chi connectivity index (χ3n) is 6.46. The molecule has 3 aliphatic heterocycles. The number of benzene rings is 1. The molecule has 2 amide bonds. The minimum atomic E-state index is -1.14. The number of carbonyl (C=O) groups is 2. The zero-order valence-corrected chi connectivity index (χ0v) is 16.9. The van der Waals surface area contributed by atoms with Crippen molar-refractivity contribution in [3.63, 3.8) is 0 Å². The Kier molecular flexibility index (Phi) is 4.92. The molecule has 2 unspecified atom stereocenters. The number of carbonyl (C=O) groups excluding carboxylic acids is 2. The first-order valence-electron chi connectivity index (χ1n) is 10.3. The number of nitrogens with zero attached hydrogens (tertiary/aromatic N) is 3. The van der Waals surface area contributed by atoms with Crippen molar-refractivity contribution >= 4 is 11.8 Å². The van der Waals surface area contributed by atoms with Crippen molar-refractivity contribution in [3.05, 3.63) is 65.0 Å². The van der Waals surface area contributed by atoms with Gasteiger partial charge in [0.2, 0.25) is 0 Å². The maximum Gasteiger partial charge on any atom is 0.275 e. The van der Waals surface area contributed by atoms with Crippen molar-refractivity contribution in [3.8, 4) is 0 Å². The molecule has 0 bridgehead atoms. The molecule has 32 heavy (non-hydrogen) atoms. The zero-order valence-electron chi connectivity index (χ0n) is 16.9. The fourth-order valence-corrected chi connectivity index (χ4v) is 4.93. The van der Waals surface area contributed by atoms with Crippen molar-refractivity contribution in [1.29, 1.82) is 0 Å². The van der Waals surface area contributed by atoms with E-state index in [4.69, 9.17) is 4.74 Å². The van der Waals surface area contributed by atoms with Crippen molar-refractivity contribution in [2.45, 2.75) is 43.6 Å². The van der Waals surface area contributed by atoms with E-state index in [-0.39, 0.29) is 31.8 Å². The van der Waals surface area contributed by atoms with Crippen LogP contribution < -0.4 is 0 Å². The van der Waals surface area contributed by atoms with Crippen molar-refractivity contribution in [2.75, 3.05) is 13.1 Å². The number of aromatic nitrogens is 1. The largest absolute Gasteiger partial charge is 0.342 e. The fourth-order valence-electron chi connectivity index (χ4n) is 4.93. The fraction of sp³-hybridized carbons (Fsp3) is 0.409. The summed E-state index contributed by atoms with van der Waals surface area (Å²) in [5.74, 6) is -4.30. The van der Waals surface area contributed by atoms with Crippen LogP contribution in [0.2, 0.25) is 0 Å². The van der Waals surface area contributed by atoms with Gasteiger partial charge in [0.05, 0.1) is 12.2 Å². The molecule has 5 rings (SSSR count). The summed E-state index contributed by atoms with van der Waals surface area (Å²) >= 11 is 0. The van der Waals surface area contributed by atoms with Crippen LogP contribution >= 0.6 is 0 Å². The molecule has 0 aliphatic carbocycles. The molecule has 10 heteroatoms. The molecule has 3 saturated heterocycles. The van der Waals surface area contributed by atoms with Crippen LogP contribution in [0.5, 0.6) is 0 Å². The Morgan fingerprint density at radius 3 is 2.34 bits per heavy atom. The predicted molar refractivity (Wildman–Crippen MR) is 102 cm³/mol. The second-order valence-electron chi connectivity index (χ2n) is 8.35. The van der Waals surface area contributed by atoms with E-state index in [0.717, 1.165) is 12.3 Å². The lowest BCUT2D eigenvalue weighted by molar-refractivity contribution is -0.142. The van der Waals surface area contributed by atoms with Gasteiger partial charge in [0.1, 0.15) is 23.7 Å². The predicted octanol–water partition coefficient (Wildman–Crippen LogP) is 3.33. The molecule has 4 heterocycles. The minimum absolute atomic E-state index is 0.128. The Bertz CT molecular complexity index is 1080. The van der Waals surface area contributed by atoms with E-state index in [1.807, 2.05) is 0 Å². The van der Waals surface area contributed by atoms with E-state index in [1.165, 1.54) is 17.0 Å². The molecule has 0 radical (unpaired) electrons. The SMILES string of the molecule is O=C(c1ncc(F)cc1F)N1CCC2(CC1)OC1CCC(c3cc(F)cc(F)c3)N1C2=O. The summed E-state index contributed by atoms with van der Waals surface area (Å²) in [5, 5.41) is 0. The smallest absolute Gasteiger partial charge is 0.275 e. The van der Waals surface area contributed by atoms with E-state index in [2.05, 4.69) is 4.98 Å². The lowest BCUT2D eigenvalue weighted by atomic mass is 9.89. The monoisotopic (exact) mass is 449 g/mol. The van der Waals surface area contributed by atoms with Crippen molar-refractivity contribution in [1.82, 2.24) is 14.8 Å². The maximum absolute atomic E-state index is 13.9. The third-order valence-corrected chi connectivity index (χ3v) is 6.46. The van der Waals surface area contributed by atoms with Crippen LogP contribution in [0, 0.1) is 23.3 Å². The number of likely N-dealkylation sites (tertiary alicyclic amines) is 1. The Hall–Kier alpha value is -3.01. The summed E-state index contributed by atoms with van der Waals surface area (Å²) in [5.41, 5.74) is -1.24. The molecule has 3 aliphatic rings. The summed E-state index contributed by atoms with van der Waals surface area (Å²) in [6.45, 7) is 0.256. The summed E-state index contributed by atoms with van der Waals surface area (Å²) in [6.07, 6.45) is 1.71. The molecule has 2 aromatic rings. The lowest BCUT2D eigenvalue weighted by Gasteiger charge is -2.37. The van der Waals surface area contributed by atoms with Gasteiger partial charge in [-0.05, 0) is 30.5 Å². The maximum atomic E-state index is 13.9. The first-order valence-corrected chi connectivity index (χ1v) is 10.3. The zero-order chi connectivity index (χ0) is 22.6. The summed E-state index contributed by atoms with van der Waals surface area (Å²) in [6, 6.07) is 3.33. The molecule has 0 saturated carbocycles. The number of fused-ring (bicyclic) bond motifs is 1. The average molecular weight is 449 g/mol. The second-order valence-corrected chi connectivity index (χ2v) is 8.35. The first kappa shape index (κ1) is 20.9. The van der Waals surface area contributed by atoms with Gasteiger partial charge in [-0.15, -0.1) is 0 Å². The number of hydrogen-bond donors (Lipinski definition) is 0. The molecule has 1 spiro atoms. The highest BCUT2D eigenvalue weighted by Crippen LogP contribution is 2.47. The highest BCUT2D eigenvalue weighted by molar-refractivity contribution is 5.93. The Morgan fingerprint density at radius 2 is 1.69 bits per heavy atom. The van der Waals surface area contributed by atoms with Crippen molar-refractivity contribution < 1.29 is 31.9 Å². The van der Waals surface area contributed by atoms with Crippen LogP contribution in [-0.2, 0) is 9.53 Å². The van der Waals surface area contributed by atoms with Crippen LogP contribution in [0.15, 0.2) is 30.5 Å². The summed E-state index contributed by atoms with van der Waals surface area (Å²) < 4.78 is 60.6. The number of amides is 2. The minimum Gasteiger partial charge on any atom is -0.342 e. The lowest BCUT2D eigenvalue weighted by Crippen LogP contribution is -2.51. The van der Waals surface area contributed by atoms with Crippen molar-refractivity contribution in [2.24, 2.45) is 0 Å². The van der Waals surface area contributed by atoms with Gasteiger partial charge >= 0.3 is 0 Å². The van der Waals surface area contributed by atoms with Crippen LogP contribution in [0.25, 0.3) is 0 Å². The van der Waals surface area contributed by atoms with E-state index in [9.17, 15) is 27.2 Å². The van der Waals surface area contributed by atoms with E-state index in [0.29, 0.717) is 24.5 Å². The molecular weight excluding hydrogens is 430 g/mol. The average Bonchev–Trinajstić information content (AvgIpc) is 3.26. The Balaban J connectivity index is 1.32. The molecule has 3 fully saturated rings. The number of hydrogen-bond acceptors (Lipinski definition) is 4. The van der Waals surface area contributed by atoms with E-state index >= 15 is 0 Å². The van der Waals surface area contributed by atoms with Gasteiger partial charge < -0.3 is 14.5 Å². The number of rotatable bonds is 2. The second kappa shape index (κ2) is 7.54. The van der Waals surface area contributed by atoms with E-state index < -0.39 is 52.7 Å². The van der Waals surface area contributed by atoms with Gasteiger partial charge in [-0.25, -0.2) is 22.5 Å². The number of ether oxygens (including phenoxy) is 1. The van der Waals surface area contributed by atoms with Gasteiger partial charge in [-0.2, -0.15) is 0 Å². The standard InChI is InChI=1S/C22H19F4N3O3/c23-13-7-12(8-14(24)9-13)17-1-2-18-29(17)21(31)22(32-18)3-5-28(6-4-22)20(30)19-16(26)10-15(25)11-27-19/h7-11,17-18H,1-6H2. The van der Waals surface area contributed by atoms with Crippen LogP contribution in [0.1, 0.15) is 47.8 Å².